The van der Waals surface area contributed by atoms with Gasteiger partial charge in [0.2, 0.25) is 5.75 Å². The molecule has 1 atom stereocenters. The first kappa shape index (κ1) is 26.7. The molecular weight excluding hydrogens is 436 g/mol. The minimum atomic E-state index is -0.243. The van der Waals surface area contributed by atoms with Gasteiger partial charge in [-0.3, -0.25) is 4.79 Å². The smallest absolute Gasteiger partial charge is 0.297 e. The van der Waals surface area contributed by atoms with Gasteiger partial charge >= 0.3 is 0 Å². The summed E-state index contributed by atoms with van der Waals surface area (Å²) in [5.74, 6) is 0.352. The van der Waals surface area contributed by atoms with Crippen LogP contribution in [0.3, 0.4) is 0 Å². The van der Waals surface area contributed by atoms with Gasteiger partial charge in [0, 0.05) is 24.2 Å². The highest BCUT2D eigenvalue weighted by Gasteiger charge is 2.19. The summed E-state index contributed by atoms with van der Waals surface area (Å²) in [6.07, 6.45) is 9.00. The second kappa shape index (κ2) is 13.8. The third kappa shape index (κ3) is 7.51. The van der Waals surface area contributed by atoms with E-state index in [1.165, 1.54) is 31.2 Å². The lowest BCUT2D eigenvalue weighted by Crippen LogP contribution is -2.24. The summed E-state index contributed by atoms with van der Waals surface area (Å²) in [4.78, 5) is 13.5. The number of fused-ring (bicyclic) bond motifs is 1. The fourth-order valence-electron chi connectivity index (χ4n) is 4.52. The molecule has 0 aliphatic carbocycles. The zero-order valence-corrected chi connectivity index (χ0v) is 21.7. The maximum Gasteiger partial charge on any atom is 0.297 e. The van der Waals surface area contributed by atoms with Gasteiger partial charge in [-0.2, -0.15) is 0 Å². The number of nitrogens with zero attached hydrogens (tertiary/aromatic N) is 1. The van der Waals surface area contributed by atoms with Gasteiger partial charge in [-0.1, -0.05) is 89.6 Å². The lowest BCUT2D eigenvalue weighted by molar-refractivity contribution is 0.238. The fraction of sp³-hybridized carbons (Fsp3) is 0.500. The summed E-state index contributed by atoms with van der Waals surface area (Å²) in [5, 5.41) is 15.1. The van der Waals surface area contributed by atoms with Crippen molar-refractivity contribution in [3.8, 4) is 11.5 Å². The molecule has 1 heterocycles. The predicted octanol–water partition coefficient (Wildman–Crippen LogP) is 7.49. The molecule has 2 N–H and O–H groups in total. The number of anilines is 1. The molecule has 5 heteroatoms. The van der Waals surface area contributed by atoms with Gasteiger partial charge in [0.25, 0.3) is 5.56 Å². The van der Waals surface area contributed by atoms with E-state index in [2.05, 4.69) is 38.2 Å². The first-order chi connectivity index (χ1) is 17.0. The summed E-state index contributed by atoms with van der Waals surface area (Å²) in [6.45, 7) is 8.20. The van der Waals surface area contributed by atoms with Gasteiger partial charge in [0.1, 0.15) is 0 Å². The molecule has 0 saturated heterocycles. The van der Waals surface area contributed by atoms with Crippen molar-refractivity contribution in [3.05, 3.63) is 64.4 Å². The summed E-state index contributed by atoms with van der Waals surface area (Å²) in [5.41, 5.74) is 2.60. The Bertz CT molecular complexity index is 1110. The number of aryl methyl sites for hydroxylation is 1. The average molecular weight is 479 g/mol. The zero-order chi connectivity index (χ0) is 25.0. The summed E-state index contributed by atoms with van der Waals surface area (Å²) >= 11 is 0. The number of hydrogen-bond donors (Lipinski definition) is 2. The van der Waals surface area contributed by atoms with Crippen LogP contribution >= 0.6 is 0 Å². The number of pyridine rings is 1. The minimum absolute atomic E-state index is 0.0532. The van der Waals surface area contributed by atoms with Crippen molar-refractivity contribution in [1.29, 1.82) is 0 Å². The van der Waals surface area contributed by atoms with Crippen molar-refractivity contribution >= 4 is 16.6 Å². The predicted molar refractivity (Wildman–Crippen MR) is 147 cm³/mol. The lowest BCUT2D eigenvalue weighted by atomic mass is 10.1. The minimum Gasteiger partial charge on any atom is -0.504 e. The van der Waals surface area contributed by atoms with E-state index in [4.69, 9.17) is 4.74 Å². The van der Waals surface area contributed by atoms with Gasteiger partial charge in [0.15, 0.2) is 5.75 Å². The number of aromatic nitrogens is 1. The normalized spacial score (nSPS) is 12.1. The highest BCUT2D eigenvalue weighted by atomic mass is 16.5. The van der Waals surface area contributed by atoms with Crippen LogP contribution in [0, 0.1) is 5.92 Å². The van der Waals surface area contributed by atoms with E-state index >= 15 is 0 Å². The molecule has 5 nitrogen and oxygen atoms in total. The van der Waals surface area contributed by atoms with Crippen molar-refractivity contribution in [3.63, 3.8) is 0 Å². The molecule has 0 saturated carbocycles. The van der Waals surface area contributed by atoms with E-state index in [9.17, 15) is 9.90 Å². The highest BCUT2D eigenvalue weighted by molar-refractivity contribution is 5.90. The van der Waals surface area contributed by atoms with Crippen LogP contribution in [0.1, 0.15) is 77.7 Å². The molecule has 0 spiro atoms. The summed E-state index contributed by atoms with van der Waals surface area (Å²) in [7, 11) is 0. The molecule has 0 amide bonds. The van der Waals surface area contributed by atoms with Crippen LogP contribution in [-0.4, -0.2) is 16.3 Å². The number of nitrogens with one attached hydrogen (secondary N) is 1. The number of aromatic hydroxyl groups is 1. The van der Waals surface area contributed by atoms with Gasteiger partial charge in [-0.05, 0) is 42.5 Å². The van der Waals surface area contributed by atoms with Gasteiger partial charge < -0.3 is 19.7 Å². The SMILES string of the molecule is CCCCCCCCn1c(=O)c(OCC(C)CCC)c(O)c2ccc(NCc3ccccc3)cc21. The molecule has 0 aliphatic heterocycles. The number of rotatable bonds is 15. The number of unbranched alkanes of at least 4 members (excludes halogenated alkanes) is 5. The van der Waals surface area contributed by atoms with Crippen LogP contribution in [0.25, 0.3) is 10.9 Å². The van der Waals surface area contributed by atoms with Crippen molar-refractivity contribution in [2.45, 2.75) is 85.2 Å². The maximum atomic E-state index is 13.5. The quantitative estimate of drug-likeness (QED) is 0.222. The van der Waals surface area contributed by atoms with Crippen molar-refractivity contribution < 1.29 is 9.84 Å². The molecular formula is C30H42N2O3. The van der Waals surface area contributed by atoms with E-state index in [1.54, 1.807) is 4.57 Å². The molecule has 1 unspecified atom stereocenters. The third-order valence-corrected chi connectivity index (χ3v) is 6.57. The first-order valence-electron chi connectivity index (χ1n) is 13.3. The molecule has 0 aliphatic rings. The first-order valence-corrected chi connectivity index (χ1v) is 13.3. The van der Waals surface area contributed by atoms with Crippen LogP contribution in [-0.2, 0) is 13.1 Å². The van der Waals surface area contributed by atoms with Gasteiger partial charge in [-0.15, -0.1) is 0 Å². The van der Waals surface area contributed by atoms with Crippen molar-refractivity contribution in [1.82, 2.24) is 4.57 Å². The van der Waals surface area contributed by atoms with Crippen LogP contribution in [0.2, 0.25) is 0 Å². The fourth-order valence-corrected chi connectivity index (χ4v) is 4.52. The van der Waals surface area contributed by atoms with Crippen LogP contribution < -0.4 is 15.6 Å². The van der Waals surface area contributed by atoms with E-state index in [-0.39, 0.29) is 17.1 Å². The Morgan fingerprint density at radius 1 is 0.971 bits per heavy atom. The van der Waals surface area contributed by atoms with Crippen LogP contribution in [0.5, 0.6) is 11.5 Å². The summed E-state index contributed by atoms with van der Waals surface area (Å²) in [6, 6.07) is 16.0. The number of hydrogen-bond acceptors (Lipinski definition) is 4. The molecule has 3 rings (SSSR count). The van der Waals surface area contributed by atoms with Crippen molar-refractivity contribution in [2.24, 2.45) is 5.92 Å². The molecule has 0 fully saturated rings. The Hall–Kier alpha value is -2.95. The monoisotopic (exact) mass is 478 g/mol. The molecule has 0 radical (unpaired) electrons. The Balaban J connectivity index is 1.88. The van der Waals surface area contributed by atoms with E-state index in [0.717, 1.165) is 36.9 Å². The number of ether oxygens (including phenoxy) is 1. The number of benzene rings is 2. The average Bonchev–Trinajstić information content (AvgIpc) is 2.87. The highest BCUT2D eigenvalue weighted by Crippen LogP contribution is 2.33. The standard InChI is InChI=1S/C30H42N2O3/c1-4-6-7-8-9-13-19-32-27-20-25(31-21-24-15-11-10-12-16-24)17-18-26(27)28(33)29(30(32)34)35-22-23(3)14-5-2/h10-12,15-18,20,23,31,33H,4-9,13-14,19,21-22H2,1-3H3. The van der Waals surface area contributed by atoms with E-state index in [1.807, 2.05) is 36.4 Å². The van der Waals surface area contributed by atoms with Gasteiger partial charge in [0.05, 0.1) is 12.1 Å². The Kier molecular flexibility index (Phi) is 10.5. The van der Waals surface area contributed by atoms with Crippen LogP contribution in [0.15, 0.2) is 53.3 Å². The Labute approximate surface area is 210 Å². The third-order valence-electron chi connectivity index (χ3n) is 6.57. The molecule has 35 heavy (non-hydrogen) atoms. The second-order valence-electron chi connectivity index (χ2n) is 9.68. The molecule has 3 aromatic rings. The van der Waals surface area contributed by atoms with E-state index < -0.39 is 0 Å². The Morgan fingerprint density at radius 2 is 1.71 bits per heavy atom. The molecule has 2 aromatic carbocycles. The van der Waals surface area contributed by atoms with Crippen molar-refractivity contribution in [2.75, 3.05) is 11.9 Å². The molecule has 1 aromatic heterocycles. The zero-order valence-electron chi connectivity index (χ0n) is 21.7. The van der Waals surface area contributed by atoms with Crippen LogP contribution in [0.4, 0.5) is 5.69 Å². The topological polar surface area (TPSA) is 63.5 Å². The molecule has 0 bridgehead atoms. The lowest BCUT2D eigenvalue weighted by Gasteiger charge is -2.18. The largest absolute Gasteiger partial charge is 0.504 e. The second-order valence-corrected chi connectivity index (χ2v) is 9.68. The molecule has 190 valence electrons. The summed E-state index contributed by atoms with van der Waals surface area (Å²) < 4.78 is 7.72. The maximum absolute atomic E-state index is 13.5. The Morgan fingerprint density at radius 3 is 2.46 bits per heavy atom. The van der Waals surface area contributed by atoms with Gasteiger partial charge in [-0.25, -0.2) is 0 Å². The van der Waals surface area contributed by atoms with E-state index in [0.29, 0.717) is 31.0 Å².